The molecule has 0 aliphatic rings. The number of hydrogen-bond acceptors (Lipinski definition) is 1. The van der Waals surface area contributed by atoms with Crippen LogP contribution in [0.5, 0.6) is 0 Å². The highest BCUT2D eigenvalue weighted by Gasteiger charge is 2.00. The van der Waals surface area contributed by atoms with Gasteiger partial charge in [-0.2, -0.15) is 5.10 Å². The molecule has 12 heavy (non-hydrogen) atoms. The molecule has 0 radical (unpaired) electrons. The maximum absolute atomic E-state index is 4.33. The van der Waals surface area contributed by atoms with E-state index in [4.69, 9.17) is 0 Å². The lowest BCUT2D eigenvalue weighted by Gasteiger charge is -1.96. The predicted molar refractivity (Wildman–Crippen MR) is 50.2 cm³/mol. The van der Waals surface area contributed by atoms with Crippen LogP contribution in [0.2, 0.25) is 0 Å². The normalized spacial score (nSPS) is 10.9. The molecule has 0 aliphatic heterocycles. The number of benzene rings is 1. The monoisotopic (exact) mass is 160 g/mol. The Morgan fingerprint density at radius 2 is 1.83 bits per heavy atom. The van der Waals surface area contributed by atoms with Gasteiger partial charge >= 0.3 is 0 Å². The maximum Gasteiger partial charge on any atom is 0.0926 e. The largest absolute Gasteiger partial charge is 0.275 e. The van der Waals surface area contributed by atoms with Crippen molar-refractivity contribution in [2.24, 2.45) is 7.05 Å². The van der Waals surface area contributed by atoms with Crippen LogP contribution in [0, 0.1) is 13.8 Å². The van der Waals surface area contributed by atoms with Gasteiger partial charge in [0, 0.05) is 18.6 Å². The van der Waals surface area contributed by atoms with Crippen LogP contribution in [0.3, 0.4) is 0 Å². The molecule has 0 bridgehead atoms. The molecule has 62 valence electrons. The summed E-state index contributed by atoms with van der Waals surface area (Å²) >= 11 is 0. The van der Waals surface area contributed by atoms with Gasteiger partial charge in [-0.3, -0.25) is 4.68 Å². The molecule has 0 amide bonds. The van der Waals surface area contributed by atoms with E-state index in [9.17, 15) is 0 Å². The first-order valence-electron chi connectivity index (χ1n) is 4.07. The second-order valence-corrected chi connectivity index (χ2v) is 3.30. The molecular formula is C10H12N2. The van der Waals surface area contributed by atoms with Crippen LogP contribution < -0.4 is 0 Å². The Labute approximate surface area is 71.8 Å². The summed E-state index contributed by atoms with van der Waals surface area (Å²) in [4.78, 5) is 0. The molecule has 0 saturated heterocycles. The van der Waals surface area contributed by atoms with Crippen molar-refractivity contribution in [3.05, 3.63) is 29.5 Å². The SMILES string of the molecule is Cc1cc2cn(C)nc2cc1C. The van der Waals surface area contributed by atoms with E-state index in [1.165, 1.54) is 16.5 Å². The Kier molecular flexibility index (Phi) is 1.43. The second kappa shape index (κ2) is 2.34. The summed E-state index contributed by atoms with van der Waals surface area (Å²) in [5, 5.41) is 5.55. The molecule has 0 aliphatic carbocycles. The number of rotatable bonds is 0. The van der Waals surface area contributed by atoms with Crippen LogP contribution in [0.15, 0.2) is 18.3 Å². The fourth-order valence-corrected chi connectivity index (χ4v) is 1.41. The molecule has 1 aromatic carbocycles. The van der Waals surface area contributed by atoms with Crippen molar-refractivity contribution in [1.82, 2.24) is 9.78 Å². The third kappa shape index (κ3) is 0.998. The quantitative estimate of drug-likeness (QED) is 0.577. The van der Waals surface area contributed by atoms with Crippen molar-refractivity contribution < 1.29 is 0 Å². The van der Waals surface area contributed by atoms with E-state index < -0.39 is 0 Å². The minimum absolute atomic E-state index is 1.08. The molecule has 0 fully saturated rings. The van der Waals surface area contributed by atoms with Crippen LogP contribution in [-0.2, 0) is 7.05 Å². The summed E-state index contributed by atoms with van der Waals surface area (Å²) in [6.45, 7) is 4.24. The molecule has 1 aromatic heterocycles. The predicted octanol–water partition coefficient (Wildman–Crippen LogP) is 2.19. The molecule has 0 spiro atoms. The van der Waals surface area contributed by atoms with Gasteiger partial charge in [-0.1, -0.05) is 0 Å². The van der Waals surface area contributed by atoms with E-state index in [2.05, 4.69) is 31.1 Å². The van der Waals surface area contributed by atoms with Gasteiger partial charge in [-0.25, -0.2) is 0 Å². The molecule has 1 heterocycles. The fourth-order valence-electron chi connectivity index (χ4n) is 1.41. The first-order valence-corrected chi connectivity index (χ1v) is 4.07. The minimum atomic E-state index is 1.08. The number of fused-ring (bicyclic) bond motifs is 1. The molecule has 0 unspecified atom stereocenters. The summed E-state index contributed by atoms with van der Waals surface area (Å²) in [6.07, 6.45) is 2.04. The third-order valence-corrected chi connectivity index (χ3v) is 2.23. The van der Waals surface area contributed by atoms with Gasteiger partial charge < -0.3 is 0 Å². The minimum Gasteiger partial charge on any atom is -0.275 e. The van der Waals surface area contributed by atoms with Gasteiger partial charge in [0.1, 0.15) is 0 Å². The van der Waals surface area contributed by atoms with E-state index in [0.717, 1.165) is 5.52 Å². The van der Waals surface area contributed by atoms with Gasteiger partial charge in [0.25, 0.3) is 0 Å². The number of aryl methyl sites for hydroxylation is 3. The number of nitrogens with zero attached hydrogens (tertiary/aromatic N) is 2. The van der Waals surface area contributed by atoms with Gasteiger partial charge in [-0.15, -0.1) is 0 Å². The smallest absolute Gasteiger partial charge is 0.0926 e. The highest BCUT2D eigenvalue weighted by molar-refractivity contribution is 5.79. The van der Waals surface area contributed by atoms with E-state index in [-0.39, 0.29) is 0 Å². The van der Waals surface area contributed by atoms with Crippen LogP contribution in [0.4, 0.5) is 0 Å². The van der Waals surface area contributed by atoms with Crippen molar-refractivity contribution in [2.45, 2.75) is 13.8 Å². The molecule has 0 atom stereocenters. The van der Waals surface area contributed by atoms with Crippen molar-refractivity contribution >= 4 is 10.9 Å². The number of aromatic nitrogens is 2. The van der Waals surface area contributed by atoms with Gasteiger partial charge in [-0.05, 0) is 37.1 Å². The Hall–Kier alpha value is -1.31. The van der Waals surface area contributed by atoms with Gasteiger partial charge in [0.05, 0.1) is 5.52 Å². The third-order valence-electron chi connectivity index (χ3n) is 2.23. The van der Waals surface area contributed by atoms with Gasteiger partial charge in [0.15, 0.2) is 0 Å². The molecule has 0 N–H and O–H groups in total. The summed E-state index contributed by atoms with van der Waals surface area (Å²) < 4.78 is 1.85. The van der Waals surface area contributed by atoms with Crippen LogP contribution in [0.1, 0.15) is 11.1 Å². The van der Waals surface area contributed by atoms with E-state index in [1.54, 1.807) is 0 Å². The second-order valence-electron chi connectivity index (χ2n) is 3.30. The summed E-state index contributed by atoms with van der Waals surface area (Å²) in [6, 6.07) is 4.31. The molecule has 2 nitrogen and oxygen atoms in total. The molecular weight excluding hydrogens is 148 g/mol. The lowest BCUT2D eigenvalue weighted by Crippen LogP contribution is -1.85. The highest BCUT2D eigenvalue weighted by atomic mass is 15.2. The summed E-state index contributed by atoms with van der Waals surface area (Å²) in [5.74, 6) is 0. The average molecular weight is 160 g/mol. The Bertz CT molecular complexity index is 388. The van der Waals surface area contributed by atoms with Crippen LogP contribution in [-0.4, -0.2) is 9.78 Å². The molecule has 2 heteroatoms. The first-order chi connectivity index (χ1) is 5.66. The fraction of sp³-hybridized carbons (Fsp3) is 0.300. The van der Waals surface area contributed by atoms with E-state index >= 15 is 0 Å². The highest BCUT2D eigenvalue weighted by Crippen LogP contribution is 2.16. The maximum atomic E-state index is 4.33. The van der Waals surface area contributed by atoms with Gasteiger partial charge in [0.2, 0.25) is 0 Å². The lowest BCUT2D eigenvalue weighted by atomic mass is 10.1. The van der Waals surface area contributed by atoms with E-state index in [0.29, 0.717) is 0 Å². The van der Waals surface area contributed by atoms with Crippen molar-refractivity contribution in [1.29, 1.82) is 0 Å². The topological polar surface area (TPSA) is 17.8 Å². The standard InChI is InChI=1S/C10H12N2/c1-7-4-9-6-12(3)11-10(9)5-8(7)2/h4-6H,1-3H3. The average Bonchev–Trinajstić information content (AvgIpc) is 2.30. The zero-order chi connectivity index (χ0) is 8.72. The molecule has 2 aromatic rings. The zero-order valence-corrected chi connectivity index (χ0v) is 7.63. The lowest BCUT2D eigenvalue weighted by molar-refractivity contribution is 0.779. The zero-order valence-electron chi connectivity index (χ0n) is 7.63. The first kappa shape index (κ1) is 7.35. The summed E-state index contributed by atoms with van der Waals surface area (Å²) in [7, 11) is 1.95. The van der Waals surface area contributed by atoms with Crippen LogP contribution >= 0.6 is 0 Å². The Balaban J connectivity index is 2.83. The van der Waals surface area contributed by atoms with Crippen molar-refractivity contribution in [3.8, 4) is 0 Å². The molecule has 0 saturated carbocycles. The summed E-state index contributed by atoms with van der Waals surface area (Å²) in [5.41, 5.74) is 3.72. The molecule has 2 rings (SSSR count). The van der Waals surface area contributed by atoms with E-state index in [1.807, 2.05) is 17.9 Å². The Morgan fingerprint density at radius 1 is 1.17 bits per heavy atom. The Morgan fingerprint density at radius 3 is 2.58 bits per heavy atom. The van der Waals surface area contributed by atoms with Crippen molar-refractivity contribution in [2.75, 3.05) is 0 Å². The van der Waals surface area contributed by atoms with Crippen LogP contribution in [0.25, 0.3) is 10.9 Å². The number of hydrogen-bond donors (Lipinski definition) is 0. The van der Waals surface area contributed by atoms with Crippen molar-refractivity contribution in [3.63, 3.8) is 0 Å².